The first-order chi connectivity index (χ1) is 30.6. The van der Waals surface area contributed by atoms with E-state index in [4.69, 9.17) is 9.72 Å². The van der Waals surface area contributed by atoms with E-state index in [1.54, 1.807) is 0 Å². The first-order valence-electron chi connectivity index (χ1n) is 21.2. The second-order valence-corrected chi connectivity index (χ2v) is 15.7. The molecule has 8 aromatic carbocycles. The number of aryl methyl sites for hydroxylation is 2. The molecule has 11 aromatic rings. The number of aromatic nitrogens is 4. The molecule has 0 aliphatic carbocycles. The molecule has 5 nitrogen and oxygen atoms in total. The van der Waals surface area contributed by atoms with E-state index >= 15 is 0 Å². The lowest BCUT2D eigenvalue weighted by molar-refractivity contribution is -0.571. The summed E-state index contributed by atoms with van der Waals surface area (Å²) < 4.78 is 13.5. The van der Waals surface area contributed by atoms with Crippen molar-refractivity contribution in [1.29, 1.82) is 0 Å². The van der Waals surface area contributed by atoms with Crippen molar-refractivity contribution in [1.82, 2.24) is 14.1 Å². The molecule has 0 amide bonds. The molecule has 0 N–H and O–H groups in total. The van der Waals surface area contributed by atoms with Crippen LogP contribution in [0.3, 0.4) is 0 Å². The molecule has 3 heterocycles. The van der Waals surface area contributed by atoms with E-state index in [2.05, 4.69) is 228 Å². The van der Waals surface area contributed by atoms with Crippen LogP contribution in [0.5, 0.6) is 11.5 Å². The number of ether oxygens (including phenoxy) is 1. The summed E-state index contributed by atoms with van der Waals surface area (Å²) in [6, 6.07) is 70.5. The van der Waals surface area contributed by atoms with Gasteiger partial charge in [0, 0.05) is 23.0 Å². The van der Waals surface area contributed by atoms with Crippen molar-refractivity contribution in [2.45, 2.75) is 20.3 Å². The number of para-hydroxylation sites is 2. The second kappa shape index (κ2) is 15.5. The van der Waals surface area contributed by atoms with E-state index in [1.165, 1.54) is 22.1 Å². The van der Waals surface area contributed by atoms with Gasteiger partial charge in [0.25, 0.3) is 6.33 Å². The van der Waals surface area contributed by atoms with Gasteiger partial charge < -0.3 is 4.74 Å². The molecule has 3 aromatic heterocycles. The van der Waals surface area contributed by atoms with Crippen LogP contribution in [0.4, 0.5) is 0 Å². The third-order valence-corrected chi connectivity index (χ3v) is 11.9. The van der Waals surface area contributed by atoms with Crippen LogP contribution in [0.1, 0.15) is 18.1 Å². The summed E-state index contributed by atoms with van der Waals surface area (Å²) in [4.78, 5) is 4.88. The SMILES string of the molecule is CCc1ccnc(-n2c3ccc(-c4ccccc4)cc3c3ccc(Oc4cccc(-n5[c-][n+](-c6c(-c7ccccc7)cccc6-c6ccccc6)c6c(C)cccc65)c4)cc32)c1. The van der Waals surface area contributed by atoms with Crippen molar-refractivity contribution in [2.75, 3.05) is 0 Å². The summed E-state index contributed by atoms with van der Waals surface area (Å²) in [5.41, 5.74) is 15.6. The first kappa shape index (κ1) is 37.0. The number of hydrogen-bond donors (Lipinski definition) is 0. The Bertz CT molecular complexity index is 3360. The van der Waals surface area contributed by atoms with Crippen LogP contribution in [-0.2, 0) is 6.42 Å². The molecule has 0 saturated heterocycles. The average Bonchev–Trinajstić information content (AvgIpc) is 3.88. The Kier molecular flexibility index (Phi) is 9.28. The maximum atomic E-state index is 6.79. The molecule has 0 unspecified atom stereocenters. The van der Waals surface area contributed by atoms with Gasteiger partial charge >= 0.3 is 0 Å². The lowest BCUT2D eigenvalue weighted by atomic mass is 9.95. The normalized spacial score (nSPS) is 11.5. The number of benzene rings is 8. The Morgan fingerprint density at radius 1 is 0.532 bits per heavy atom. The maximum absolute atomic E-state index is 6.79. The zero-order valence-corrected chi connectivity index (χ0v) is 34.5. The summed E-state index contributed by atoms with van der Waals surface area (Å²) in [7, 11) is 0. The average molecular weight is 799 g/mol. The summed E-state index contributed by atoms with van der Waals surface area (Å²) in [5, 5.41) is 2.31. The van der Waals surface area contributed by atoms with Gasteiger partial charge in [-0.3, -0.25) is 13.7 Å². The van der Waals surface area contributed by atoms with Crippen molar-refractivity contribution >= 4 is 32.8 Å². The largest absolute Gasteiger partial charge is 0.458 e. The highest BCUT2D eigenvalue weighted by Crippen LogP contribution is 2.39. The molecular formula is C57H42N4O. The van der Waals surface area contributed by atoms with Gasteiger partial charge in [0.05, 0.1) is 33.4 Å². The fraction of sp³-hybridized carbons (Fsp3) is 0.0526. The summed E-state index contributed by atoms with van der Waals surface area (Å²) in [5.74, 6) is 2.36. The van der Waals surface area contributed by atoms with Gasteiger partial charge in [0.1, 0.15) is 17.3 Å². The molecule has 0 aliphatic heterocycles. The van der Waals surface area contributed by atoms with E-state index in [1.807, 2.05) is 12.3 Å². The molecule has 5 heteroatoms. The zero-order chi connectivity index (χ0) is 41.6. The molecular weight excluding hydrogens is 757 g/mol. The van der Waals surface area contributed by atoms with E-state index in [9.17, 15) is 0 Å². The van der Waals surface area contributed by atoms with Crippen molar-refractivity contribution < 1.29 is 9.30 Å². The number of hydrogen-bond acceptors (Lipinski definition) is 2. The van der Waals surface area contributed by atoms with Crippen molar-refractivity contribution in [2.24, 2.45) is 0 Å². The van der Waals surface area contributed by atoms with E-state index in [0.29, 0.717) is 0 Å². The molecule has 0 spiro atoms. The van der Waals surface area contributed by atoms with E-state index < -0.39 is 0 Å². The van der Waals surface area contributed by atoms with Crippen LogP contribution >= 0.6 is 0 Å². The number of fused-ring (bicyclic) bond motifs is 4. The van der Waals surface area contributed by atoms with Crippen LogP contribution in [0.25, 0.3) is 83.4 Å². The third kappa shape index (κ3) is 6.52. The first-order valence-corrected chi connectivity index (χ1v) is 21.2. The highest BCUT2D eigenvalue weighted by molar-refractivity contribution is 6.10. The predicted octanol–water partition coefficient (Wildman–Crippen LogP) is 13.9. The molecule has 0 fully saturated rings. The van der Waals surface area contributed by atoms with Gasteiger partial charge in [0.15, 0.2) is 0 Å². The van der Waals surface area contributed by atoms with Crippen LogP contribution < -0.4 is 9.30 Å². The topological polar surface area (TPSA) is 35.9 Å². The molecule has 11 rings (SSSR count). The standard InChI is InChI=1S/C57H42N4O/c1-3-40-32-33-58-55(34-40)61-52-31-28-44(41-17-7-4-8-18-41)35-51(52)50-30-29-47(37-54(50)61)62-46-24-14-23-45(36-46)59-38-60(56-39(2)16-13-27-53(56)59)57-48(42-19-9-5-10-20-42)25-15-26-49(57)43-21-11-6-12-22-43/h4-37H,3H2,1-2H3. The Labute approximate surface area is 361 Å². The fourth-order valence-electron chi connectivity index (χ4n) is 8.91. The number of nitrogens with zero attached hydrogens (tertiary/aromatic N) is 4. The third-order valence-electron chi connectivity index (χ3n) is 11.9. The predicted molar refractivity (Wildman–Crippen MR) is 253 cm³/mol. The van der Waals surface area contributed by atoms with Gasteiger partial charge in [-0.15, -0.1) is 0 Å². The summed E-state index contributed by atoms with van der Waals surface area (Å²) in [6.07, 6.45) is 6.67. The molecule has 62 heavy (non-hydrogen) atoms. The van der Waals surface area contributed by atoms with Crippen LogP contribution in [-0.4, -0.2) is 14.1 Å². The molecule has 0 saturated carbocycles. The number of pyridine rings is 1. The number of imidazole rings is 1. The van der Waals surface area contributed by atoms with Crippen LogP contribution in [0.2, 0.25) is 0 Å². The van der Waals surface area contributed by atoms with Gasteiger partial charge in [-0.25, -0.2) is 4.98 Å². The van der Waals surface area contributed by atoms with Gasteiger partial charge in [-0.2, -0.15) is 0 Å². The minimum atomic E-state index is 0.728. The lowest BCUT2D eigenvalue weighted by Crippen LogP contribution is -2.32. The Morgan fingerprint density at radius 3 is 1.94 bits per heavy atom. The molecule has 0 radical (unpaired) electrons. The number of rotatable bonds is 9. The summed E-state index contributed by atoms with van der Waals surface area (Å²) in [6.45, 7) is 4.35. The maximum Gasteiger partial charge on any atom is 0.269 e. The Balaban J connectivity index is 1.04. The fourth-order valence-corrected chi connectivity index (χ4v) is 8.91. The minimum absolute atomic E-state index is 0.728. The van der Waals surface area contributed by atoms with Crippen molar-refractivity contribution in [3.8, 4) is 62.1 Å². The summed E-state index contributed by atoms with van der Waals surface area (Å²) >= 11 is 0. The van der Waals surface area contributed by atoms with E-state index in [0.717, 1.165) is 90.4 Å². The molecule has 0 aliphatic rings. The van der Waals surface area contributed by atoms with Crippen molar-refractivity contribution in [3.05, 3.63) is 224 Å². The van der Waals surface area contributed by atoms with Crippen LogP contribution in [0.15, 0.2) is 206 Å². The van der Waals surface area contributed by atoms with Gasteiger partial charge in [0.2, 0.25) is 0 Å². The van der Waals surface area contributed by atoms with Crippen LogP contribution in [0, 0.1) is 13.3 Å². The Hall–Kier alpha value is -8.02. The highest BCUT2D eigenvalue weighted by atomic mass is 16.5. The van der Waals surface area contributed by atoms with E-state index in [-0.39, 0.29) is 0 Å². The molecule has 0 atom stereocenters. The Morgan fingerprint density at radius 2 is 1.21 bits per heavy atom. The van der Waals surface area contributed by atoms with Crippen molar-refractivity contribution in [3.63, 3.8) is 0 Å². The zero-order valence-electron chi connectivity index (χ0n) is 34.5. The highest BCUT2D eigenvalue weighted by Gasteiger charge is 2.21. The monoisotopic (exact) mass is 798 g/mol. The minimum Gasteiger partial charge on any atom is -0.458 e. The quantitative estimate of drug-likeness (QED) is 0.108. The second-order valence-electron chi connectivity index (χ2n) is 15.7. The molecule has 296 valence electrons. The van der Waals surface area contributed by atoms with Gasteiger partial charge in [-0.05, 0) is 112 Å². The smallest absolute Gasteiger partial charge is 0.269 e. The van der Waals surface area contributed by atoms with Gasteiger partial charge in [-0.1, -0.05) is 146 Å². The lowest BCUT2D eigenvalue weighted by Gasteiger charge is -2.17. The molecule has 0 bridgehead atoms.